The van der Waals surface area contributed by atoms with E-state index in [-0.39, 0.29) is 51.4 Å². The maximum Gasteiger partial charge on any atom is 0.487 e. The summed E-state index contributed by atoms with van der Waals surface area (Å²) in [5, 5.41) is 0. The maximum absolute atomic E-state index is 11.6. The van der Waals surface area contributed by atoms with Crippen LogP contribution in [0.3, 0.4) is 0 Å². The number of halogens is 5. The number of rotatable bonds is 1. The van der Waals surface area contributed by atoms with E-state index in [1.54, 1.807) is 0 Å². The minimum Gasteiger partial charge on any atom is -0.449 e. The molecule has 1 unspecified atom stereocenters. The van der Waals surface area contributed by atoms with Gasteiger partial charge in [0, 0.05) is 51.4 Å². The van der Waals surface area contributed by atoms with Crippen LogP contribution in [-0.2, 0) is 0 Å². The Morgan fingerprint density at radius 3 is 1.50 bits per heavy atom. The zero-order valence-corrected chi connectivity index (χ0v) is 8.37. The summed E-state index contributed by atoms with van der Waals surface area (Å²) >= 11 is 0. The first-order valence-electron chi connectivity index (χ1n) is 2.42. The van der Waals surface area contributed by atoms with Gasteiger partial charge in [-0.1, -0.05) is 0 Å². The average molecular weight is 184 g/mol. The zero-order valence-electron chi connectivity index (χ0n) is 5.25. The SMILES string of the molecule is F[B-](F)(F)C1CC1(F)F.[K]. The first-order valence-corrected chi connectivity index (χ1v) is 2.42. The molecule has 7 heteroatoms. The van der Waals surface area contributed by atoms with Gasteiger partial charge in [-0.15, -0.1) is 0 Å². The second kappa shape index (κ2) is 3.01. The Morgan fingerprint density at radius 2 is 1.50 bits per heavy atom. The van der Waals surface area contributed by atoms with Crippen molar-refractivity contribution in [3.8, 4) is 0 Å². The van der Waals surface area contributed by atoms with Crippen LogP contribution in [0.5, 0.6) is 0 Å². The monoisotopic (exact) mass is 184 g/mol. The molecule has 1 aliphatic carbocycles. The topological polar surface area (TPSA) is 0 Å². The van der Waals surface area contributed by atoms with Gasteiger partial charge in [-0.3, -0.25) is 0 Å². The second-order valence-corrected chi connectivity index (χ2v) is 2.20. The van der Waals surface area contributed by atoms with Crippen molar-refractivity contribution >= 4 is 58.4 Å². The first kappa shape index (κ1) is 11.4. The molecule has 0 heterocycles. The third kappa shape index (κ3) is 2.44. The van der Waals surface area contributed by atoms with E-state index >= 15 is 0 Å². The van der Waals surface area contributed by atoms with Crippen molar-refractivity contribution in [3.63, 3.8) is 0 Å². The van der Waals surface area contributed by atoms with Gasteiger partial charge in [-0.2, -0.15) is 0 Å². The Balaban J connectivity index is 0.000000810. The third-order valence-corrected chi connectivity index (χ3v) is 1.33. The van der Waals surface area contributed by atoms with Crippen LogP contribution < -0.4 is 0 Å². The van der Waals surface area contributed by atoms with Gasteiger partial charge in [-0.05, 0) is 12.2 Å². The van der Waals surface area contributed by atoms with E-state index < -0.39 is 25.1 Å². The van der Waals surface area contributed by atoms with Gasteiger partial charge in [0.2, 0.25) is 5.92 Å². The van der Waals surface area contributed by atoms with Gasteiger partial charge in [0.25, 0.3) is 0 Å². The molecule has 0 spiro atoms. The van der Waals surface area contributed by atoms with Crippen LogP contribution in [0.2, 0.25) is 5.82 Å². The molecule has 0 saturated heterocycles. The Kier molecular flexibility index (Phi) is 3.41. The normalized spacial score (nSPS) is 29.1. The number of alkyl halides is 2. The maximum atomic E-state index is 11.6. The van der Waals surface area contributed by atoms with Crippen LogP contribution in [0.1, 0.15) is 6.42 Å². The molecule has 0 aromatic carbocycles. The van der Waals surface area contributed by atoms with Crippen LogP contribution in [0, 0.1) is 0 Å². The van der Waals surface area contributed by atoms with Gasteiger partial charge >= 0.3 is 6.98 Å². The molecular formula is C3H3BF5K-. The summed E-state index contributed by atoms with van der Waals surface area (Å²) in [6, 6.07) is 0. The van der Waals surface area contributed by atoms with Crippen LogP contribution in [0.4, 0.5) is 21.7 Å². The van der Waals surface area contributed by atoms with Crippen molar-refractivity contribution < 1.29 is 21.7 Å². The van der Waals surface area contributed by atoms with Gasteiger partial charge in [-0.25, -0.2) is 8.78 Å². The van der Waals surface area contributed by atoms with Gasteiger partial charge < -0.3 is 12.9 Å². The van der Waals surface area contributed by atoms with Gasteiger partial charge in [0.05, 0.1) is 0 Å². The fourth-order valence-corrected chi connectivity index (χ4v) is 0.644. The summed E-state index contributed by atoms with van der Waals surface area (Å²) in [6.45, 7) is -5.29. The standard InChI is InChI=1S/C3H3BF5.K/c5-3(6)1-2(3)4(7,8)9;/h2H,1H2;/q-1;. The van der Waals surface area contributed by atoms with E-state index in [1.165, 1.54) is 0 Å². The predicted molar refractivity (Wildman–Crippen MR) is 28.1 cm³/mol. The van der Waals surface area contributed by atoms with Crippen molar-refractivity contribution in [2.75, 3.05) is 0 Å². The van der Waals surface area contributed by atoms with E-state index in [0.717, 1.165) is 0 Å². The quantitative estimate of drug-likeness (QED) is 0.431. The fourth-order valence-electron chi connectivity index (χ4n) is 0.644. The summed E-state index contributed by atoms with van der Waals surface area (Å²) in [7, 11) is 0. The first-order chi connectivity index (χ1) is 3.84. The van der Waals surface area contributed by atoms with Gasteiger partial charge in [0.15, 0.2) is 0 Å². The Hall–Kier alpha value is 1.35. The zero-order chi connectivity index (χ0) is 7.28. The van der Waals surface area contributed by atoms with Crippen LogP contribution in [0.15, 0.2) is 0 Å². The molecule has 1 fully saturated rings. The average Bonchev–Trinajstić information content (AvgIpc) is 2.10. The molecule has 0 amide bonds. The van der Waals surface area contributed by atoms with Crippen molar-refractivity contribution in [2.24, 2.45) is 0 Å². The summed E-state index contributed by atoms with van der Waals surface area (Å²) < 4.78 is 57.1. The van der Waals surface area contributed by atoms with E-state index in [0.29, 0.717) is 0 Å². The molecule has 1 aliphatic rings. The molecule has 0 aromatic heterocycles. The second-order valence-electron chi connectivity index (χ2n) is 2.20. The van der Waals surface area contributed by atoms with Crippen LogP contribution in [-0.4, -0.2) is 64.3 Å². The molecule has 1 atom stereocenters. The van der Waals surface area contributed by atoms with Crippen LogP contribution in [0.25, 0.3) is 0 Å². The van der Waals surface area contributed by atoms with E-state index in [2.05, 4.69) is 0 Å². The minimum absolute atomic E-state index is 0. The van der Waals surface area contributed by atoms with Crippen molar-refractivity contribution in [2.45, 2.75) is 18.2 Å². The van der Waals surface area contributed by atoms with E-state index in [9.17, 15) is 21.7 Å². The molecule has 10 heavy (non-hydrogen) atoms. The minimum atomic E-state index is -5.29. The van der Waals surface area contributed by atoms with Crippen LogP contribution >= 0.6 is 0 Å². The molecule has 1 saturated carbocycles. The van der Waals surface area contributed by atoms with Crippen molar-refractivity contribution in [1.82, 2.24) is 0 Å². The molecule has 0 bridgehead atoms. The Bertz CT molecular complexity index is 131. The van der Waals surface area contributed by atoms with E-state index in [4.69, 9.17) is 0 Å². The number of hydrogen-bond donors (Lipinski definition) is 0. The summed E-state index contributed by atoms with van der Waals surface area (Å²) in [5.41, 5.74) is 0. The molecule has 0 nitrogen and oxygen atoms in total. The Morgan fingerprint density at radius 1 is 1.20 bits per heavy atom. The predicted octanol–water partition coefficient (Wildman–Crippen LogP) is 1.86. The van der Waals surface area contributed by atoms with Crippen molar-refractivity contribution in [1.29, 1.82) is 0 Å². The fraction of sp³-hybridized carbons (Fsp3) is 1.00. The molecule has 55 valence electrons. The molecule has 0 N–H and O–H groups in total. The van der Waals surface area contributed by atoms with E-state index in [1.807, 2.05) is 0 Å². The number of hydrogen-bond acceptors (Lipinski definition) is 0. The third-order valence-electron chi connectivity index (χ3n) is 1.33. The molecule has 1 radical (unpaired) electrons. The molecular weight excluding hydrogens is 181 g/mol. The van der Waals surface area contributed by atoms with Crippen molar-refractivity contribution in [3.05, 3.63) is 0 Å². The summed E-state index contributed by atoms with van der Waals surface area (Å²) in [6.07, 6.45) is -1.00. The molecule has 0 aromatic rings. The smallest absolute Gasteiger partial charge is 0.449 e. The largest absolute Gasteiger partial charge is 0.487 e. The summed E-state index contributed by atoms with van der Waals surface area (Å²) in [5.74, 6) is -5.75. The Labute approximate surface area is 97.0 Å². The van der Waals surface area contributed by atoms with Gasteiger partial charge in [0.1, 0.15) is 0 Å². The summed E-state index contributed by atoms with van der Waals surface area (Å²) in [4.78, 5) is 0. The molecule has 1 rings (SSSR count). The molecule has 0 aliphatic heterocycles.